The summed E-state index contributed by atoms with van der Waals surface area (Å²) in [6.45, 7) is 2.74. The number of hydrogen-bond donors (Lipinski definition) is 1. The van der Waals surface area contributed by atoms with Gasteiger partial charge in [0.2, 0.25) is 0 Å². The highest BCUT2D eigenvalue weighted by Crippen LogP contribution is 2.34. The van der Waals surface area contributed by atoms with Gasteiger partial charge in [0, 0.05) is 12.0 Å². The molecule has 0 aliphatic carbocycles. The Morgan fingerprint density at radius 1 is 1.19 bits per heavy atom. The van der Waals surface area contributed by atoms with E-state index in [-0.39, 0.29) is 0 Å². The van der Waals surface area contributed by atoms with Crippen molar-refractivity contribution in [1.29, 1.82) is 0 Å². The summed E-state index contributed by atoms with van der Waals surface area (Å²) in [5.41, 5.74) is 0.992. The third kappa shape index (κ3) is 4.58. The molecule has 0 amide bonds. The van der Waals surface area contributed by atoms with Crippen LogP contribution in [-0.2, 0) is 12.8 Å². The van der Waals surface area contributed by atoms with Crippen molar-refractivity contribution in [2.45, 2.75) is 39.0 Å². The summed E-state index contributed by atoms with van der Waals surface area (Å²) in [6.07, 6.45) is 4.56. The van der Waals surface area contributed by atoms with E-state index < -0.39 is 0 Å². The Morgan fingerprint density at radius 2 is 2.05 bits per heavy atom. The summed E-state index contributed by atoms with van der Waals surface area (Å²) >= 11 is 12.3. The summed E-state index contributed by atoms with van der Waals surface area (Å²) in [5, 5.41) is 14.8. The van der Waals surface area contributed by atoms with Crippen molar-refractivity contribution in [1.82, 2.24) is 20.6 Å². The molecule has 2 aromatic rings. The van der Waals surface area contributed by atoms with Crippen LogP contribution in [0.5, 0.6) is 5.75 Å². The van der Waals surface area contributed by atoms with Gasteiger partial charge in [-0.1, -0.05) is 36.5 Å². The van der Waals surface area contributed by atoms with Gasteiger partial charge in [-0.05, 0) is 41.8 Å². The van der Waals surface area contributed by atoms with E-state index in [9.17, 15) is 0 Å². The SMILES string of the molecule is CCCc1c(OCCCCc2nnn[nH]2)ccc(Cl)c1Cl. The molecule has 0 aliphatic rings. The number of rotatable bonds is 8. The number of aromatic nitrogens is 4. The molecule has 7 heteroatoms. The monoisotopic (exact) mass is 328 g/mol. The lowest BCUT2D eigenvalue weighted by Gasteiger charge is -2.13. The molecule has 1 aromatic heterocycles. The molecule has 0 saturated heterocycles. The third-order valence-electron chi connectivity index (χ3n) is 3.11. The van der Waals surface area contributed by atoms with Crippen molar-refractivity contribution in [3.63, 3.8) is 0 Å². The predicted octanol–water partition coefficient (Wildman–Crippen LogP) is 3.86. The van der Waals surface area contributed by atoms with Crippen LogP contribution in [0.15, 0.2) is 12.1 Å². The van der Waals surface area contributed by atoms with Gasteiger partial charge in [0.05, 0.1) is 16.7 Å². The van der Waals surface area contributed by atoms with E-state index in [1.54, 1.807) is 6.07 Å². The van der Waals surface area contributed by atoms with Crippen LogP contribution >= 0.6 is 23.2 Å². The number of hydrogen-bond acceptors (Lipinski definition) is 4. The van der Waals surface area contributed by atoms with Crippen LogP contribution in [0.1, 0.15) is 37.6 Å². The van der Waals surface area contributed by atoms with Crippen molar-refractivity contribution in [3.05, 3.63) is 33.6 Å². The number of aromatic amines is 1. The minimum Gasteiger partial charge on any atom is -0.493 e. The number of ether oxygens (including phenoxy) is 1. The highest BCUT2D eigenvalue weighted by molar-refractivity contribution is 6.42. The quantitative estimate of drug-likeness (QED) is 0.747. The second-order valence-electron chi connectivity index (χ2n) is 4.74. The molecule has 21 heavy (non-hydrogen) atoms. The Bertz CT molecular complexity index is 560. The maximum absolute atomic E-state index is 6.25. The number of nitrogens with zero attached hydrogens (tertiary/aromatic N) is 3. The molecule has 5 nitrogen and oxygen atoms in total. The Kier molecular flexibility index (Phi) is 6.26. The largest absolute Gasteiger partial charge is 0.493 e. The Hall–Kier alpha value is -1.33. The van der Waals surface area contributed by atoms with Gasteiger partial charge in [0.15, 0.2) is 0 Å². The first kappa shape index (κ1) is 16.0. The molecular formula is C14H18Cl2N4O. The number of aryl methyl sites for hydroxylation is 1. The predicted molar refractivity (Wildman–Crippen MR) is 83.1 cm³/mol. The van der Waals surface area contributed by atoms with Gasteiger partial charge < -0.3 is 4.74 Å². The number of H-pyrrole nitrogens is 1. The number of halogens is 2. The Labute approximate surface area is 134 Å². The normalized spacial score (nSPS) is 10.8. The van der Waals surface area contributed by atoms with Crippen LogP contribution in [0, 0.1) is 0 Å². The van der Waals surface area contributed by atoms with Crippen molar-refractivity contribution in [2.24, 2.45) is 0 Å². The maximum atomic E-state index is 6.25. The van der Waals surface area contributed by atoms with Crippen LogP contribution in [0.2, 0.25) is 10.0 Å². The molecule has 0 bridgehead atoms. The van der Waals surface area contributed by atoms with E-state index in [2.05, 4.69) is 27.5 Å². The number of unbranched alkanes of at least 4 members (excludes halogenated alkanes) is 1. The molecule has 0 unspecified atom stereocenters. The first-order chi connectivity index (χ1) is 10.2. The van der Waals surface area contributed by atoms with E-state index in [0.717, 1.165) is 49.2 Å². The molecule has 1 heterocycles. The van der Waals surface area contributed by atoms with Gasteiger partial charge >= 0.3 is 0 Å². The first-order valence-corrected chi connectivity index (χ1v) is 7.80. The van der Waals surface area contributed by atoms with Gasteiger partial charge in [-0.25, -0.2) is 5.10 Å². The molecule has 0 aliphatic heterocycles. The van der Waals surface area contributed by atoms with Gasteiger partial charge in [0.25, 0.3) is 0 Å². The lowest BCUT2D eigenvalue weighted by atomic mass is 10.1. The lowest BCUT2D eigenvalue weighted by Crippen LogP contribution is -2.02. The molecule has 0 atom stereocenters. The zero-order valence-corrected chi connectivity index (χ0v) is 13.4. The molecule has 0 saturated carbocycles. The summed E-state index contributed by atoms with van der Waals surface area (Å²) in [6, 6.07) is 3.66. The third-order valence-corrected chi connectivity index (χ3v) is 3.95. The summed E-state index contributed by atoms with van der Waals surface area (Å²) in [4.78, 5) is 0. The zero-order valence-electron chi connectivity index (χ0n) is 11.9. The van der Waals surface area contributed by atoms with E-state index in [4.69, 9.17) is 27.9 Å². The van der Waals surface area contributed by atoms with Crippen LogP contribution in [0.3, 0.4) is 0 Å². The zero-order chi connectivity index (χ0) is 15.1. The van der Waals surface area contributed by atoms with Crippen molar-refractivity contribution >= 4 is 23.2 Å². The van der Waals surface area contributed by atoms with Crippen molar-refractivity contribution < 1.29 is 4.74 Å². The van der Waals surface area contributed by atoms with Gasteiger partial charge in [-0.3, -0.25) is 0 Å². The maximum Gasteiger partial charge on any atom is 0.148 e. The van der Waals surface area contributed by atoms with Gasteiger partial charge in [-0.15, -0.1) is 5.10 Å². The van der Waals surface area contributed by atoms with Crippen molar-refractivity contribution in [2.75, 3.05) is 6.61 Å². The van der Waals surface area contributed by atoms with Gasteiger partial charge in [-0.2, -0.15) is 0 Å². The molecule has 0 spiro atoms. The fourth-order valence-corrected chi connectivity index (χ4v) is 2.48. The Balaban J connectivity index is 1.83. The summed E-state index contributed by atoms with van der Waals surface area (Å²) in [5.74, 6) is 1.63. The molecule has 0 radical (unpaired) electrons. The van der Waals surface area contributed by atoms with Crippen LogP contribution in [0.25, 0.3) is 0 Å². The number of nitrogens with one attached hydrogen (secondary N) is 1. The molecule has 114 valence electrons. The fourth-order valence-electron chi connectivity index (χ4n) is 2.05. The molecule has 1 N–H and O–H groups in total. The fraction of sp³-hybridized carbons (Fsp3) is 0.500. The van der Waals surface area contributed by atoms with Crippen LogP contribution < -0.4 is 4.74 Å². The minimum atomic E-state index is 0.574. The molecular weight excluding hydrogens is 311 g/mol. The minimum absolute atomic E-state index is 0.574. The first-order valence-electron chi connectivity index (χ1n) is 7.04. The average Bonchev–Trinajstić information content (AvgIpc) is 2.99. The highest BCUT2D eigenvalue weighted by atomic mass is 35.5. The number of benzene rings is 1. The van der Waals surface area contributed by atoms with E-state index in [0.29, 0.717) is 16.7 Å². The summed E-state index contributed by atoms with van der Waals surface area (Å²) < 4.78 is 5.84. The lowest BCUT2D eigenvalue weighted by molar-refractivity contribution is 0.303. The van der Waals surface area contributed by atoms with E-state index >= 15 is 0 Å². The topological polar surface area (TPSA) is 63.7 Å². The van der Waals surface area contributed by atoms with Crippen LogP contribution in [-0.4, -0.2) is 27.2 Å². The Morgan fingerprint density at radius 3 is 2.76 bits per heavy atom. The number of tetrazole rings is 1. The van der Waals surface area contributed by atoms with Gasteiger partial charge in [0.1, 0.15) is 11.6 Å². The smallest absolute Gasteiger partial charge is 0.148 e. The molecule has 0 fully saturated rings. The molecule has 2 rings (SSSR count). The second-order valence-corrected chi connectivity index (χ2v) is 5.53. The second kappa shape index (κ2) is 8.20. The highest BCUT2D eigenvalue weighted by Gasteiger charge is 2.11. The van der Waals surface area contributed by atoms with E-state index in [1.807, 2.05) is 6.07 Å². The van der Waals surface area contributed by atoms with Crippen LogP contribution in [0.4, 0.5) is 0 Å². The standard InChI is InChI=1S/C14H18Cl2N4O/c1-2-5-10-12(8-7-11(15)14(10)16)21-9-4-3-6-13-17-19-20-18-13/h7-8H,2-6,9H2,1H3,(H,17,18,19,20). The average molecular weight is 329 g/mol. The van der Waals surface area contributed by atoms with Crippen molar-refractivity contribution in [3.8, 4) is 5.75 Å². The molecule has 1 aromatic carbocycles. The van der Waals surface area contributed by atoms with E-state index in [1.165, 1.54) is 0 Å². The summed E-state index contributed by atoms with van der Waals surface area (Å²) in [7, 11) is 0.